The van der Waals surface area contributed by atoms with Gasteiger partial charge in [0.05, 0.1) is 25.2 Å². The van der Waals surface area contributed by atoms with Crippen LogP contribution in [-0.4, -0.2) is 54.1 Å². The zero-order valence-corrected chi connectivity index (χ0v) is 11.1. The van der Waals surface area contributed by atoms with Crippen LogP contribution in [0.4, 0.5) is 4.79 Å². The molecule has 7 nitrogen and oxygen atoms in total. The van der Waals surface area contributed by atoms with Crippen LogP contribution in [0.3, 0.4) is 0 Å². The second-order valence-corrected chi connectivity index (χ2v) is 4.37. The second kappa shape index (κ2) is 9.35. The van der Waals surface area contributed by atoms with E-state index in [0.29, 0.717) is 19.8 Å². The highest BCUT2D eigenvalue weighted by Gasteiger charge is 2.24. The van der Waals surface area contributed by atoms with Crippen molar-refractivity contribution < 1.29 is 24.5 Å². The number of urea groups is 1. The lowest BCUT2D eigenvalue weighted by Crippen LogP contribution is -2.46. The van der Waals surface area contributed by atoms with Gasteiger partial charge < -0.3 is 25.6 Å². The quantitative estimate of drug-likeness (QED) is 0.334. The van der Waals surface area contributed by atoms with E-state index in [1.54, 1.807) is 6.08 Å². The van der Waals surface area contributed by atoms with Crippen LogP contribution >= 0.6 is 0 Å². The van der Waals surface area contributed by atoms with Gasteiger partial charge in [-0.1, -0.05) is 6.08 Å². The fourth-order valence-corrected chi connectivity index (χ4v) is 1.23. The van der Waals surface area contributed by atoms with Crippen molar-refractivity contribution in [3.05, 3.63) is 12.7 Å². The van der Waals surface area contributed by atoms with Crippen LogP contribution in [0.2, 0.25) is 0 Å². The third kappa shape index (κ3) is 11.2. The normalized spacial score (nSPS) is 13.4. The third-order valence-corrected chi connectivity index (χ3v) is 2.16. The van der Waals surface area contributed by atoms with E-state index in [2.05, 4.69) is 17.2 Å². The molecule has 0 saturated heterocycles. The Morgan fingerprint density at radius 1 is 1.37 bits per heavy atom. The van der Waals surface area contributed by atoms with E-state index in [0.717, 1.165) is 6.42 Å². The first kappa shape index (κ1) is 17.4. The number of ether oxygens (including phenoxy) is 1. The SMILES string of the molecule is C=CCCOCCNC(=O)NCC(C)(O)CC(=O)O. The fourth-order valence-electron chi connectivity index (χ4n) is 1.23. The van der Waals surface area contributed by atoms with Crippen LogP contribution in [-0.2, 0) is 9.53 Å². The lowest BCUT2D eigenvalue weighted by molar-refractivity contribution is -0.141. The van der Waals surface area contributed by atoms with E-state index in [9.17, 15) is 14.7 Å². The van der Waals surface area contributed by atoms with Gasteiger partial charge in [-0.15, -0.1) is 6.58 Å². The zero-order valence-electron chi connectivity index (χ0n) is 11.1. The molecule has 0 rings (SSSR count). The first-order valence-electron chi connectivity index (χ1n) is 6.02. The summed E-state index contributed by atoms with van der Waals surface area (Å²) in [6.45, 7) is 6.03. The van der Waals surface area contributed by atoms with Crippen molar-refractivity contribution in [1.82, 2.24) is 10.6 Å². The largest absolute Gasteiger partial charge is 0.481 e. The Hall–Kier alpha value is -1.60. The van der Waals surface area contributed by atoms with Gasteiger partial charge in [-0.3, -0.25) is 4.79 Å². The molecule has 1 atom stereocenters. The van der Waals surface area contributed by atoms with Crippen molar-refractivity contribution >= 4 is 12.0 Å². The first-order chi connectivity index (χ1) is 8.87. The van der Waals surface area contributed by atoms with Crippen molar-refractivity contribution in [2.75, 3.05) is 26.3 Å². The Kier molecular flexibility index (Phi) is 8.56. The molecule has 0 aromatic heterocycles. The number of carboxylic acid groups (broad SMARTS) is 1. The molecule has 4 N–H and O–H groups in total. The lowest BCUT2D eigenvalue weighted by atomic mass is 10.0. The molecule has 2 amide bonds. The summed E-state index contributed by atoms with van der Waals surface area (Å²) in [4.78, 5) is 21.8. The highest BCUT2D eigenvalue weighted by Crippen LogP contribution is 2.06. The topological polar surface area (TPSA) is 108 Å². The van der Waals surface area contributed by atoms with Crippen LogP contribution in [0.25, 0.3) is 0 Å². The van der Waals surface area contributed by atoms with Crippen LogP contribution < -0.4 is 10.6 Å². The van der Waals surface area contributed by atoms with E-state index in [-0.39, 0.29) is 6.54 Å². The van der Waals surface area contributed by atoms with Gasteiger partial charge in [0.15, 0.2) is 0 Å². The van der Waals surface area contributed by atoms with Gasteiger partial charge >= 0.3 is 12.0 Å². The fraction of sp³-hybridized carbons (Fsp3) is 0.667. The molecule has 0 aliphatic heterocycles. The number of carbonyl (C=O) groups excluding carboxylic acids is 1. The number of hydrogen-bond acceptors (Lipinski definition) is 4. The predicted molar refractivity (Wildman–Crippen MR) is 69.9 cm³/mol. The molecule has 0 aliphatic carbocycles. The summed E-state index contributed by atoms with van der Waals surface area (Å²) in [6.07, 6.45) is 2.06. The summed E-state index contributed by atoms with van der Waals surface area (Å²) in [7, 11) is 0. The van der Waals surface area contributed by atoms with Crippen LogP contribution in [0.1, 0.15) is 19.8 Å². The average molecular weight is 274 g/mol. The molecule has 7 heteroatoms. The molecule has 0 radical (unpaired) electrons. The molecule has 0 saturated carbocycles. The van der Waals surface area contributed by atoms with Gasteiger partial charge in [0.25, 0.3) is 0 Å². The molecular weight excluding hydrogens is 252 g/mol. The number of carbonyl (C=O) groups is 2. The number of nitrogens with one attached hydrogen (secondary N) is 2. The summed E-state index contributed by atoms with van der Waals surface area (Å²) in [5.41, 5.74) is -1.47. The monoisotopic (exact) mass is 274 g/mol. The summed E-state index contributed by atoms with van der Waals surface area (Å²) in [5.74, 6) is -1.12. The Balaban J connectivity index is 3.63. The van der Waals surface area contributed by atoms with Crippen molar-refractivity contribution in [1.29, 1.82) is 0 Å². The smallest absolute Gasteiger partial charge is 0.314 e. The van der Waals surface area contributed by atoms with Gasteiger partial charge in [-0.25, -0.2) is 4.79 Å². The molecule has 0 heterocycles. The van der Waals surface area contributed by atoms with E-state index >= 15 is 0 Å². The number of hydrogen-bond donors (Lipinski definition) is 4. The first-order valence-corrected chi connectivity index (χ1v) is 6.02. The van der Waals surface area contributed by atoms with Crippen LogP contribution in [0, 0.1) is 0 Å². The van der Waals surface area contributed by atoms with E-state index in [1.165, 1.54) is 6.92 Å². The van der Waals surface area contributed by atoms with Crippen molar-refractivity contribution in [2.45, 2.75) is 25.4 Å². The third-order valence-electron chi connectivity index (χ3n) is 2.16. The van der Waals surface area contributed by atoms with E-state index in [1.807, 2.05) is 0 Å². The Morgan fingerprint density at radius 3 is 2.63 bits per heavy atom. The Labute approximate surface area is 112 Å². The number of amides is 2. The van der Waals surface area contributed by atoms with Crippen molar-refractivity contribution in [3.8, 4) is 0 Å². The molecule has 0 aromatic carbocycles. The molecule has 19 heavy (non-hydrogen) atoms. The van der Waals surface area contributed by atoms with Gasteiger partial charge in [0.1, 0.15) is 0 Å². The van der Waals surface area contributed by atoms with Gasteiger partial charge in [0.2, 0.25) is 0 Å². The molecule has 110 valence electrons. The summed E-state index contributed by atoms with van der Waals surface area (Å²) in [5, 5.41) is 23.1. The van der Waals surface area contributed by atoms with Gasteiger partial charge in [-0.05, 0) is 13.3 Å². The molecule has 0 fully saturated rings. The van der Waals surface area contributed by atoms with Crippen LogP contribution in [0.15, 0.2) is 12.7 Å². The number of aliphatic carboxylic acids is 1. The Morgan fingerprint density at radius 2 is 2.05 bits per heavy atom. The molecule has 0 spiro atoms. The van der Waals surface area contributed by atoms with E-state index < -0.39 is 24.0 Å². The van der Waals surface area contributed by atoms with Gasteiger partial charge in [0, 0.05) is 13.1 Å². The molecular formula is C12H22N2O5. The Bertz CT molecular complexity index is 304. The standard InChI is InChI=1S/C12H22N2O5/c1-3-4-6-19-7-5-13-11(17)14-9-12(2,18)8-10(15)16/h3,18H,1,4-9H2,2H3,(H,15,16)(H2,13,14,17). The maximum absolute atomic E-state index is 11.3. The van der Waals surface area contributed by atoms with Crippen LogP contribution in [0.5, 0.6) is 0 Å². The molecule has 1 unspecified atom stereocenters. The summed E-state index contributed by atoms with van der Waals surface area (Å²) >= 11 is 0. The number of aliphatic hydroxyl groups is 1. The van der Waals surface area contributed by atoms with Crippen molar-refractivity contribution in [2.24, 2.45) is 0 Å². The average Bonchev–Trinajstić information content (AvgIpc) is 2.29. The minimum absolute atomic E-state index is 0.136. The lowest BCUT2D eigenvalue weighted by Gasteiger charge is -2.21. The maximum atomic E-state index is 11.3. The van der Waals surface area contributed by atoms with Crippen molar-refractivity contribution in [3.63, 3.8) is 0 Å². The predicted octanol–water partition coefficient (Wildman–Crippen LogP) is 0.104. The summed E-state index contributed by atoms with van der Waals surface area (Å²) < 4.78 is 5.18. The minimum Gasteiger partial charge on any atom is -0.481 e. The van der Waals surface area contributed by atoms with Gasteiger partial charge in [-0.2, -0.15) is 0 Å². The molecule has 0 aromatic rings. The molecule has 0 aliphatic rings. The maximum Gasteiger partial charge on any atom is 0.314 e. The second-order valence-electron chi connectivity index (χ2n) is 4.37. The zero-order chi connectivity index (χ0) is 14.7. The highest BCUT2D eigenvalue weighted by atomic mass is 16.5. The molecule has 0 bridgehead atoms. The van der Waals surface area contributed by atoms with E-state index in [4.69, 9.17) is 9.84 Å². The summed E-state index contributed by atoms with van der Waals surface area (Å²) in [6, 6.07) is -0.474. The highest BCUT2D eigenvalue weighted by molar-refractivity contribution is 5.74. The number of rotatable bonds is 10. The number of carboxylic acids is 1. The minimum atomic E-state index is -1.47.